The summed E-state index contributed by atoms with van der Waals surface area (Å²) in [5, 5.41) is 3.18. The molecule has 160 valence electrons. The molecule has 9 heteroatoms. The van der Waals surface area contributed by atoms with E-state index in [1.165, 1.54) is 16.2 Å². The number of nitrogens with one attached hydrogen (secondary N) is 1. The maximum Gasteiger partial charge on any atom is 0.267 e. The van der Waals surface area contributed by atoms with Gasteiger partial charge < -0.3 is 9.73 Å². The monoisotopic (exact) mass is 454 g/mol. The Morgan fingerprint density at radius 1 is 1.29 bits per heavy atom. The predicted molar refractivity (Wildman–Crippen MR) is 127 cm³/mol. The van der Waals surface area contributed by atoms with Crippen LogP contribution in [0.4, 0.5) is 5.82 Å². The fourth-order valence-electron chi connectivity index (χ4n) is 3.26. The second kappa shape index (κ2) is 8.68. The van der Waals surface area contributed by atoms with Gasteiger partial charge in [0, 0.05) is 12.7 Å². The zero-order chi connectivity index (χ0) is 22.1. The van der Waals surface area contributed by atoms with E-state index >= 15 is 0 Å². The summed E-state index contributed by atoms with van der Waals surface area (Å²) >= 11 is 6.60. The van der Waals surface area contributed by atoms with Crippen molar-refractivity contribution in [1.29, 1.82) is 0 Å². The highest BCUT2D eigenvalue weighted by Gasteiger charge is 2.32. The van der Waals surface area contributed by atoms with Crippen LogP contribution in [0, 0.1) is 12.8 Å². The van der Waals surface area contributed by atoms with Crippen molar-refractivity contribution >= 4 is 51.7 Å². The zero-order valence-electron chi connectivity index (χ0n) is 17.4. The lowest BCUT2D eigenvalue weighted by molar-refractivity contribution is -0.122. The number of hydrogen-bond donors (Lipinski definition) is 1. The summed E-state index contributed by atoms with van der Waals surface area (Å²) in [6.45, 7) is 6.86. The minimum Gasteiger partial charge on any atom is -0.467 e. The molecule has 7 nitrogen and oxygen atoms in total. The van der Waals surface area contributed by atoms with E-state index in [1.54, 1.807) is 35.6 Å². The van der Waals surface area contributed by atoms with E-state index in [2.05, 4.69) is 10.3 Å². The molecule has 1 N–H and O–H groups in total. The molecule has 0 aliphatic carbocycles. The number of fused-ring (bicyclic) bond motifs is 1. The number of aromatic nitrogens is 2. The molecule has 0 aromatic carbocycles. The number of nitrogens with zero attached hydrogens (tertiary/aromatic N) is 3. The molecule has 0 atom stereocenters. The number of pyridine rings is 1. The molecular formula is C22H22N4O3S2. The van der Waals surface area contributed by atoms with Gasteiger partial charge in [-0.25, -0.2) is 4.98 Å². The maximum absolute atomic E-state index is 13.3. The summed E-state index contributed by atoms with van der Waals surface area (Å²) in [6.07, 6.45) is 4.92. The average molecular weight is 455 g/mol. The third-order valence-corrected chi connectivity index (χ3v) is 6.09. The molecule has 1 aliphatic heterocycles. The largest absolute Gasteiger partial charge is 0.467 e. The molecule has 4 rings (SSSR count). The standard InChI is InChI=1S/C22H22N4O3S2/c1-13(2)11-26-21(28)17(31-22(26)30)9-16-19(23-10-15-5-4-8-29-15)24-18-7-6-14(3)12-25(18)20(16)27/h4-9,12-13,23H,10-11H2,1-3H3/b17-9-. The van der Waals surface area contributed by atoms with E-state index in [0.717, 1.165) is 5.56 Å². The van der Waals surface area contributed by atoms with Crippen LogP contribution in [0.1, 0.15) is 30.7 Å². The van der Waals surface area contributed by atoms with E-state index in [0.29, 0.717) is 45.1 Å². The summed E-state index contributed by atoms with van der Waals surface area (Å²) < 4.78 is 7.37. The van der Waals surface area contributed by atoms with Crippen LogP contribution in [-0.2, 0) is 11.3 Å². The van der Waals surface area contributed by atoms with E-state index in [-0.39, 0.29) is 17.4 Å². The molecule has 0 saturated carbocycles. The molecule has 31 heavy (non-hydrogen) atoms. The highest BCUT2D eigenvalue weighted by atomic mass is 32.2. The highest BCUT2D eigenvalue weighted by Crippen LogP contribution is 2.33. The van der Waals surface area contributed by atoms with Crippen LogP contribution in [0.15, 0.2) is 50.8 Å². The van der Waals surface area contributed by atoms with Crippen molar-refractivity contribution in [2.24, 2.45) is 5.92 Å². The van der Waals surface area contributed by atoms with Crippen LogP contribution < -0.4 is 10.9 Å². The number of carbonyl (C=O) groups is 1. The molecule has 0 spiro atoms. The lowest BCUT2D eigenvalue weighted by atomic mass is 10.2. The van der Waals surface area contributed by atoms with Crippen molar-refractivity contribution in [2.75, 3.05) is 11.9 Å². The highest BCUT2D eigenvalue weighted by molar-refractivity contribution is 8.26. The zero-order valence-corrected chi connectivity index (χ0v) is 19.0. The molecule has 1 aliphatic rings. The van der Waals surface area contributed by atoms with Crippen LogP contribution >= 0.6 is 24.0 Å². The Labute approximate surface area is 189 Å². The van der Waals surface area contributed by atoms with E-state index < -0.39 is 0 Å². The maximum atomic E-state index is 13.3. The van der Waals surface area contributed by atoms with Crippen LogP contribution in [0.2, 0.25) is 0 Å². The van der Waals surface area contributed by atoms with Crippen molar-refractivity contribution in [3.05, 3.63) is 68.9 Å². The number of hydrogen-bond acceptors (Lipinski definition) is 7. The van der Waals surface area contributed by atoms with Crippen LogP contribution in [0.3, 0.4) is 0 Å². The van der Waals surface area contributed by atoms with Gasteiger partial charge in [-0.3, -0.25) is 18.9 Å². The van der Waals surface area contributed by atoms with Crippen molar-refractivity contribution in [2.45, 2.75) is 27.3 Å². The van der Waals surface area contributed by atoms with Gasteiger partial charge in [0.15, 0.2) is 0 Å². The first kappa shape index (κ1) is 21.3. The normalized spacial score (nSPS) is 15.6. The van der Waals surface area contributed by atoms with Gasteiger partial charge >= 0.3 is 0 Å². The van der Waals surface area contributed by atoms with Gasteiger partial charge in [-0.05, 0) is 42.7 Å². The first-order chi connectivity index (χ1) is 14.8. The lowest BCUT2D eigenvalue weighted by Gasteiger charge is -2.16. The summed E-state index contributed by atoms with van der Waals surface area (Å²) in [6, 6.07) is 7.32. The number of thiocarbonyl (C=S) groups is 1. The minimum absolute atomic E-state index is 0.186. The van der Waals surface area contributed by atoms with Crippen molar-refractivity contribution in [3.8, 4) is 0 Å². The van der Waals surface area contributed by atoms with Gasteiger partial charge in [0.05, 0.1) is 23.3 Å². The van der Waals surface area contributed by atoms with Gasteiger partial charge in [0.2, 0.25) is 0 Å². The topological polar surface area (TPSA) is 79.8 Å². The van der Waals surface area contributed by atoms with Crippen LogP contribution in [-0.4, -0.2) is 31.1 Å². The first-order valence-corrected chi connectivity index (χ1v) is 11.1. The Kier molecular flexibility index (Phi) is 5.97. The van der Waals surface area contributed by atoms with E-state index in [1.807, 2.05) is 32.9 Å². The summed E-state index contributed by atoms with van der Waals surface area (Å²) in [4.78, 5) is 32.9. The number of furan rings is 1. The number of carbonyl (C=O) groups excluding carboxylic acids is 1. The summed E-state index contributed by atoms with van der Waals surface area (Å²) in [5.41, 5.74) is 1.49. The van der Waals surface area contributed by atoms with E-state index in [4.69, 9.17) is 16.6 Å². The van der Waals surface area contributed by atoms with Crippen molar-refractivity contribution < 1.29 is 9.21 Å². The summed E-state index contributed by atoms with van der Waals surface area (Å²) in [7, 11) is 0. The van der Waals surface area contributed by atoms with Gasteiger partial charge in [0.1, 0.15) is 21.5 Å². The van der Waals surface area contributed by atoms with Crippen LogP contribution in [0.5, 0.6) is 0 Å². The van der Waals surface area contributed by atoms with Gasteiger partial charge in [0.25, 0.3) is 11.5 Å². The number of thioether (sulfide) groups is 1. The van der Waals surface area contributed by atoms with Gasteiger partial charge in [-0.1, -0.05) is 43.9 Å². The molecule has 1 fully saturated rings. The number of anilines is 1. The molecule has 4 heterocycles. The van der Waals surface area contributed by atoms with Crippen molar-refractivity contribution in [3.63, 3.8) is 0 Å². The second-order valence-corrected chi connectivity index (χ2v) is 9.41. The second-order valence-electron chi connectivity index (χ2n) is 7.73. The van der Waals surface area contributed by atoms with Crippen molar-refractivity contribution in [1.82, 2.24) is 14.3 Å². The quantitative estimate of drug-likeness (QED) is 0.444. The third kappa shape index (κ3) is 4.42. The molecule has 3 aromatic rings. The fourth-order valence-corrected chi connectivity index (χ4v) is 4.52. The molecule has 3 aromatic heterocycles. The molecular weight excluding hydrogens is 432 g/mol. The first-order valence-electron chi connectivity index (χ1n) is 9.88. The van der Waals surface area contributed by atoms with E-state index in [9.17, 15) is 9.59 Å². The summed E-state index contributed by atoms with van der Waals surface area (Å²) in [5.74, 6) is 1.19. The average Bonchev–Trinajstić information content (AvgIpc) is 3.33. The molecule has 0 radical (unpaired) electrons. The number of rotatable bonds is 6. The molecule has 0 bridgehead atoms. The molecule has 0 unspecified atom stereocenters. The fraction of sp³-hybridized carbons (Fsp3) is 0.273. The van der Waals surface area contributed by atoms with Crippen LogP contribution in [0.25, 0.3) is 11.7 Å². The molecule has 1 amide bonds. The Morgan fingerprint density at radius 3 is 2.81 bits per heavy atom. The third-order valence-electron chi connectivity index (χ3n) is 4.71. The predicted octanol–water partition coefficient (Wildman–Crippen LogP) is 4.07. The Hall–Kier alpha value is -2.91. The smallest absolute Gasteiger partial charge is 0.267 e. The van der Waals surface area contributed by atoms with Gasteiger partial charge in [-0.15, -0.1) is 0 Å². The molecule has 1 saturated heterocycles. The number of aryl methyl sites for hydroxylation is 1. The SMILES string of the molecule is Cc1ccc2nc(NCc3ccco3)c(/C=C3\SC(=S)N(CC(C)C)C3=O)c(=O)n2c1. The number of amides is 1. The Bertz CT molecular complexity index is 1250. The Morgan fingerprint density at radius 2 is 2.10 bits per heavy atom. The minimum atomic E-state index is -0.259. The van der Waals surface area contributed by atoms with Gasteiger partial charge in [-0.2, -0.15) is 0 Å². The lowest BCUT2D eigenvalue weighted by Crippen LogP contribution is -2.31. The Balaban J connectivity index is 1.79.